The van der Waals surface area contributed by atoms with Gasteiger partial charge in [0.1, 0.15) is 0 Å². The zero-order chi connectivity index (χ0) is 14.0. The van der Waals surface area contributed by atoms with Crippen LogP contribution in [0.3, 0.4) is 0 Å². The third-order valence-electron chi connectivity index (χ3n) is 3.76. The van der Waals surface area contributed by atoms with Gasteiger partial charge in [-0.2, -0.15) is 0 Å². The lowest BCUT2D eigenvalue weighted by Crippen LogP contribution is -2.53. The molecule has 1 aliphatic heterocycles. The van der Waals surface area contributed by atoms with E-state index >= 15 is 0 Å². The van der Waals surface area contributed by atoms with Gasteiger partial charge in [-0.1, -0.05) is 6.07 Å². The van der Waals surface area contributed by atoms with Crippen LogP contribution in [0.1, 0.15) is 19.4 Å². The second-order valence-corrected chi connectivity index (χ2v) is 5.06. The predicted octanol–water partition coefficient (Wildman–Crippen LogP) is 0.785. The molecule has 1 heterocycles. The Morgan fingerprint density at radius 1 is 1.42 bits per heavy atom. The van der Waals surface area contributed by atoms with Crippen molar-refractivity contribution < 1.29 is 4.79 Å². The van der Waals surface area contributed by atoms with Gasteiger partial charge in [-0.05, 0) is 19.1 Å². The molecule has 1 aromatic rings. The second-order valence-electron chi connectivity index (χ2n) is 5.06. The summed E-state index contributed by atoms with van der Waals surface area (Å²) >= 11 is 0. The van der Waals surface area contributed by atoms with Gasteiger partial charge in [0.15, 0.2) is 0 Å². The van der Waals surface area contributed by atoms with E-state index in [-0.39, 0.29) is 11.9 Å². The van der Waals surface area contributed by atoms with Gasteiger partial charge < -0.3 is 21.3 Å². The number of nitrogen functional groups attached to an aromatic ring is 1. The Labute approximate surface area is 114 Å². The molecule has 1 amide bonds. The zero-order valence-corrected chi connectivity index (χ0v) is 11.6. The van der Waals surface area contributed by atoms with Crippen LogP contribution in [0.2, 0.25) is 0 Å². The van der Waals surface area contributed by atoms with Gasteiger partial charge >= 0.3 is 0 Å². The number of benzene rings is 1. The molecule has 19 heavy (non-hydrogen) atoms. The quantitative estimate of drug-likeness (QED) is 0.772. The van der Waals surface area contributed by atoms with Crippen LogP contribution in [0.5, 0.6) is 0 Å². The maximum atomic E-state index is 11.5. The summed E-state index contributed by atoms with van der Waals surface area (Å²) in [5.41, 5.74) is 14.6. The largest absolute Gasteiger partial charge is 0.398 e. The number of piperazine rings is 1. The van der Waals surface area contributed by atoms with Crippen LogP contribution in [0, 0.1) is 0 Å². The number of carbonyl (C=O) groups excluding carboxylic acids is 1. The molecule has 0 bridgehead atoms. The average Bonchev–Trinajstić information content (AvgIpc) is 2.37. The van der Waals surface area contributed by atoms with Crippen LogP contribution in [0.4, 0.5) is 11.4 Å². The van der Waals surface area contributed by atoms with E-state index in [4.69, 9.17) is 11.5 Å². The molecule has 0 spiro atoms. The molecule has 1 atom stereocenters. The molecule has 1 saturated heterocycles. The monoisotopic (exact) mass is 262 g/mol. The number of carbonyl (C=O) groups is 1. The SMILES string of the molecule is CC(=O)N1CCN(c2cccc(N)c2CN)CC1C. The highest BCUT2D eigenvalue weighted by atomic mass is 16.2. The third-order valence-corrected chi connectivity index (χ3v) is 3.76. The lowest BCUT2D eigenvalue weighted by Gasteiger charge is -2.41. The fraction of sp³-hybridized carbons (Fsp3) is 0.500. The molecule has 1 aliphatic rings. The number of nitrogens with two attached hydrogens (primary N) is 2. The molecule has 5 nitrogen and oxygen atoms in total. The first-order chi connectivity index (χ1) is 9.04. The van der Waals surface area contributed by atoms with Crippen molar-refractivity contribution in [3.8, 4) is 0 Å². The Morgan fingerprint density at radius 2 is 2.16 bits per heavy atom. The van der Waals surface area contributed by atoms with Crippen molar-refractivity contribution in [2.75, 3.05) is 30.3 Å². The van der Waals surface area contributed by atoms with Crippen molar-refractivity contribution in [3.63, 3.8) is 0 Å². The van der Waals surface area contributed by atoms with Gasteiger partial charge in [0, 0.05) is 56.1 Å². The van der Waals surface area contributed by atoms with Crippen molar-refractivity contribution in [1.82, 2.24) is 4.90 Å². The molecule has 0 aromatic heterocycles. The molecule has 1 unspecified atom stereocenters. The lowest BCUT2D eigenvalue weighted by atomic mass is 10.1. The Balaban J connectivity index is 2.21. The van der Waals surface area contributed by atoms with Crippen molar-refractivity contribution in [3.05, 3.63) is 23.8 Å². The van der Waals surface area contributed by atoms with Crippen molar-refractivity contribution in [1.29, 1.82) is 0 Å². The first-order valence-electron chi connectivity index (χ1n) is 6.64. The minimum Gasteiger partial charge on any atom is -0.398 e. The summed E-state index contributed by atoms with van der Waals surface area (Å²) in [5.74, 6) is 0.138. The summed E-state index contributed by atoms with van der Waals surface area (Å²) in [6.07, 6.45) is 0. The van der Waals surface area contributed by atoms with E-state index in [1.807, 2.05) is 17.0 Å². The smallest absolute Gasteiger partial charge is 0.219 e. The average molecular weight is 262 g/mol. The van der Waals surface area contributed by atoms with Crippen LogP contribution in [-0.2, 0) is 11.3 Å². The number of amides is 1. The Morgan fingerprint density at radius 3 is 2.74 bits per heavy atom. The van der Waals surface area contributed by atoms with Crippen LogP contribution >= 0.6 is 0 Å². The van der Waals surface area contributed by atoms with Crippen LogP contribution < -0.4 is 16.4 Å². The fourth-order valence-corrected chi connectivity index (χ4v) is 2.75. The summed E-state index contributed by atoms with van der Waals surface area (Å²) in [4.78, 5) is 15.7. The topological polar surface area (TPSA) is 75.6 Å². The summed E-state index contributed by atoms with van der Waals surface area (Å²) in [6.45, 7) is 6.51. The normalized spacial score (nSPS) is 19.6. The maximum Gasteiger partial charge on any atom is 0.219 e. The molecule has 1 fully saturated rings. The standard InChI is InChI=1S/C14H22N4O/c1-10-9-17(6-7-18(10)11(2)19)14-5-3-4-13(16)12(14)8-15/h3-5,10H,6-9,15-16H2,1-2H3. The molecule has 0 saturated carbocycles. The minimum atomic E-state index is 0.138. The summed E-state index contributed by atoms with van der Waals surface area (Å²) in [7, 11) is 0. The van der Waals surface area contributed by atoms with Crippen molar-refractivity contribution in [2.45, 2.75) is 26.4 Å². The van der Waals surface area contributed by atoms with Gasteiger partial charge in [0.05, 0.1) is 0 Å². The number of anilines is 2. The molecule has 104 valence electrons. The van der Waals surface area contributed by atoms with Gasteiger partial charge in [0.25, 0.3) is 0 Å². The molecule has 4 N–H and O–H groups in total. The Hall–Kier alpha value is -1.75. The number of hydrogen-bond donors (Lipinski definition) is 2. The van der Waals surface area contributed by atoms with Crippen LogP contribution in [-0.4, -0.2) is 36.5 Å². The lowest BCUT2D eigenvalue weighted by molar-refractivity contribution is -0.131. The molecule has 5 heteroatoms. The highest BCUT2D eigenvalue weighted by Gasteiger charge is 2.26. The summed E-state index contributed by atoms with van der Waals surface area (Å²) < 4.78 is 0. The molecule has 0 radical (unpaired) electrons. The van der Waals surface area contributed by atoms with Gasteiger partial charge in [-0.25, -0.2) is 0 Å². The molecular weight excluding hydrogens is 240 g/mol. The van der Waals surface area contributed by atoms with Crippen molar-refractivity contribution in [2.24, 2.45) is 5.73 Å². The Bertz CT molecular complexity index is 475. The van der Waals surface area contributed by atoms with E-state index in [0.717, 1.165) is 36.6 Å². The number of rotatable bonds is 2. The van der Waals surface area contributed by atoms with E-state index in [1.165, 1.54) is 0 Å². The van der Waals surface area contributed by atoms with Gasteiger partial charge in [-0.3, -0.25) is 4.79 Å². The maximum absolute atomic E-state index is 11.5. The third kappa shape index (κ3) is 2.66. The van der Waals surface area contributed by atoms with E-state index in [2.05, 4.69) is 17.9 Å². The van der Waals surface area contributed by atoms with Crippen molar-refractivity contribution >= 4 is 17.3 Å². The van der Waals surface area contributed by atoms with Gasteiger partial charge in [-0.15, -0.1) is 0 Å². The minimum absolute atomic E-state index is 0.138. The molecular formula is C14H22N4O. The van der Waals surface area contributed by atoms with E-state index in [1.54, 1.807) is 6.92 Å². The van der Waals surface area contributed by atoms with E-state index in [9.17, 15) is 4.79 Å². The highest BCUT2D eigenvalue weighted by molar-refractivity contribution is 5.74. The van der Waals surface area contributed by atoms with E-state index < -0.39 is 0 Å². The number of nitrogens with zero attached hydrogens (tertiary/aromatic N) is 2. The first kappa shape index (κ1) is 13.7. The second kappa shape index (κ2) is 5.48. The molecule has 1 aromatic carbocycles. The van der Waals surface area contributed by atoms with E-state index in [0.29, 0.717) is 6.54 Å². The van der Waals surface area contributed by atoms with Gasteiger partial charge in [0.2, 0.25) is 5.91 Å². The van der Waals surface area contributed by atoms with Crippen LogP contribution in [0.15, 0.2) is 18.2 Å². The Kier molecular flexibility index (Phi) is 3.95. The fourth-order valence-electron chi connectivity index (χ4n) is 2.75. The van der Waals surface area contributed by atoms with Crippen LogP contribution in [0.25, 0.3) is 0 Å². The first-order valence-corrected chi connectivity index (χ1v) is 6.64. The predicted molar refractivity (Wildman–Crippen MR) is 77.8 cm³/mol. The molecule has 2 rings (SSSR count). The number of hydrogen-bond acceptors (Lipinski definition) is 4. The molecule has 0 aliphatic carbocycles. The summed E-state index contributed by atoms with van der Waals surface area (Å²) in [5, 5.41) is 0. The zero-order valence-electron chi connectivity index (χ0n) is 11.6. The summed E-state index contributed by atoms with van der Waals surface area (Å²) in [6, 6.07) is 6.08. The highest BCUT2D eigenvalue weighted by Crippen LogP contribution is 2.27.